The molecule has 1 unspecified atom stereocenters. The van der Waals surface area contributed by atoms with E-state index in [0.29, 0.717) is 11.5 Å². The van der Waals surface area contributed by atoms with Gasteiger partial charge < -0.3 is 18.6 Å². The molecule has 0 fully saturated rings. The highest BCUT2D eigenvalue weighted by Gasteiger charge is 2.16. The zero-order valence-electron chi connectivity index (χ0n) is 15.5. The molecule has 1 aromatic heterocycles. The van der Waals surface area contributed by atoms with Crippen LogP contribution in [-0.2, 0) is 16.1 Å². The molecule has 1 aromatic carbocycles. The van der Waals surface area contributed by atoms with Gasteiger partial charge in [-0.3, -0.25) is 0 Å². The van der Waals surface area contributed by atoms with Crippen molar-refractivity contribution in [2.45, 2.75) is 32.5 Å². The van der Waals surface area contributed by atoms with Gasteiger partial charge >= 0.3 is 12.6 Å². The number of methoxy groups -OCH3 is 1. The maximum absolute atomic E-state index is 12.2. The van der Waals surface area contributed by atoms with Crippen LogP contribution in [0.15, 0.2) is 58.7 Å². The monoisotopic (exact) mass is 390 g/mol. The number of esters is 1. The van der Waals surface area contributed by atoms with Crippen LogP contribution >= 0.6 is 0 Å². The van der Waals surface area contributed by atoms with E-state index in [0.717, 1.165) is 17.5 Å². The van der Waals surface area contributed by atoms with Crippen LogP contribution in [0.3, 0.4) is 0 Å². The summed E-state index contributed by atoms with van der Waals surface area (Å²) >= 11 is 0. The molecule has 0 aliphatic heterocycles. The Morgan fingerprint density at radius 2 is 2.04 bits per heavy atom. The summed E-state index contributed by atoms with van der Waals surface area (Å²) in [5.41, 5.74) is 1.77. The molecule has 5 nitrogen and oxygen atoms in total. The standard InChI is InChI=1S/C21H20F2O5/c1-13-16(11-19(27-13)20(24)25-2)12-26-17-7-3-14(4-8-17)15-5-9-18(10-6-15)28-21(22)23/h3,5-11,14,21H,4,12H2,1-2H3. The van der Waals surface area contributed by atoms with E-state index < -0.39 is 12.6 Å². The van der Waals surface area contributed by atoms with E-state index in [-0.39, 0.29) is 24.0 Å². The van der Waals surface area contributed by atoms with E-state index in [1.807, 2.05) is 18.2 Å². The van der Waals surface area contributed by atoms with E-state index in [9.17, 15) is 13.6 Å². The highest BCUT2D eigenvalue weighted by Crippen LogP contribution is 2.29. The average molecular weight is 390 g/mol. The number of alkyl halides is 2. The van der Waals surface area contributed by atoms with Crippen molar-refractivity contribution in [3.8, 4) is 5.75 Å². The Morgan fingerprint density at radius 1 is 1.29 bits per heavy atom. The van der Waals surface area contributed by atoms with Crippen LogP contribution in [0.5, 0.6) is 5.75 Å². The lowest BCUT2D eigenvalue weighted by atomic mass is 9.92. The van der Waals surface area contributed by atoms with Crippen LogP contribution in [0, 0.1) is 6.92 Å². The summed E-state index contributed by atoms with van der Waals surface area (Å²) in [5, 5.41) is 0. The minimum atomic E-state index is -2.83. The summed E-state index contributed by atoms with van der Waals surface area (Å²) in [7, 11) is 1.30. The average Bonchev–Trinajstić information content (AvgIpc) is 3.07. The number of hydrogen-bond acceptors (Lipinski definition) is 5. The molecule has 0 amide bonds. The fraction of sp³-hybridized carbons (Fsp3) is 0.286. The second kappa shape index (κ2) is 8.73. The number of carbonyl (C=O) groups is 1. The van der Waals surface area contributed by atoms with E-state index in [4.69, 9.17) is 9.15 Å². The number of furan rings is 1. The van der Waals surface area contributed by atoms with Crippen molar-refractivity contribution in [1.29, 1.82) is 0 Å². The highest BCUT2D eigenvalue weighted by atomic mass is 19.3. The molecule has 1 heterocycles. The van der Waals surface area contributed by atoms with E-state index in [2.05, 4.69) is 9.47 Å². The largest absolute Gasteiger partial charge is 0.489 e. The lowest BCUT2D eigenvalue weighted by molar-refractivity contribution is -0.0498. The van der Waals surface area contributed by atoms with Crippen LogP contribution in [0.4, 0.5) is 8.78 Å². The van der Waals surface area contributed by atoms with Gasteiger partial charge in [-0.2, -0.15) is 8.78 Å². The van der Waals surface area contributed by atoms with Crippen molar-refractivity contribution in [3.05, 3.63) is 77.0 Å². The van der Waals surface area contributed by atoms with Crippen LogP contribution < -0.4 is 4.74 Å². The number of carbonyl (C=O) groups excluding carboxylic acids is 1. The first-order valence-electron chi connectivity index (χ1n) is 8.70. The quantitative estimate of drug-likeness (QED) is 0.614. The molecule has 0 saturated carbocycles. The van der Waals surface area contributed by atoms with Crippen LogP contribution in [-0.4, -0.2) is 19.7 Å². The Kier molecular flexibility index (Phi) is 6.13. The third-order valence-corrected chi connectivity index (χ3v) is 4.40. The highest BCUT2D eigenvalue weighted by molar-refractivity contribution is 5.86. The summed E-state index contributed by atoms with van der Waals surface area (Å²) in [6, 6.07) is 8.22. The number of aryl methyl sites for hydroxylation is 1. The first-order valence-corrected chi connectivity index (χ1v) is 8.70. The molecule has 3 rings (SSSR count). The SMILES string of the molecule is COC(=O)c1cc(COC2=CCC(c3ccc(OC(F)F)cc3)C=C2)c(C)o1. The number of allylic oxidation sites excluding steroid dienone is 3. The van der Waals surface area contributed by atoms with Crippen molar-refractivity contribution >= 4 is 5.97 Å². The van der Waals surface area contributed by atoms with Gasteiger partial charge in [0.05, 0.1) is 7.11 Å². The zero-order valence-corrected chi connectivity index (χ0v) is 15.5. The molecular weight excluding hydrogens is 370 g/mol. The van der Waals surface area contributed by atoms with Crippen molar-refractivity contribution in [1.82, 2.24) is 0 Å². The Labute approximate surface area is 161 Å². The fourth-order valence-electron chi connectivity index (χ4n) is 2.88. The molecule has 1 atom stereocenters. The molecule has 7 heteroatoms. The molecule has 148 valence electrons. The molecule has 1 aliphatic carbocycles. The topological polar surface area (TPSA) is 57.9 Å². The van der Waals surface area contributed by atoms with Gasteiger partial charge in [0.2, 0.25) is 5.76 Å². The molecule has 0 saturated heterocycles. The van der Waals surface area contributed by atoms with Crippen molar-refractivity contribution < 1.29 is 32.2 Å². The number of halogens is 2. The molecule has 1 aliphatic rings. The second-order valence-electron chi connectivity index (χ2n) is 6.23. The molecular formula is C21H20F2O5. The minimum Gasteiger partial charge on any atom is -0.489 e. The first kappa shape index (κ1) is 19.7. The molecule has 0 bridgehead atoms. The van der Waals surface area contributed by atoms with Crippen LogP contribution in [0.1, 0.15) is 39.8 Å². The van der Waals surface area contributed by atoms with Gasteiger partial charge in [0.15, 0.2) is 0 Å². The number of rotatable bonds is 7. The smallest absolute Gasteiger partial charge is 0.387 e. The van der Waals surface area contributed by atoms with Crippen LogP contribution in [0.25, 0.3) is 0 Å². The third-order valence-electron chi connectivity index (χ3n) is 4.40. The summed E-state index contributed by atoms with van der Waals surface area (Å²) in [4.78, 5) is 11.5. The maximum atomic E-state index is 12.2. The van der Waals surface area contributed by atoms with E-state index in [1.54, 1.807) is 25.1 Å². The lowest BCUT2D eigenvalue weighted by Crippen LogP contribution is -2.03. The molecule has 28 heavy (non-hydrogen) atoms. The molecule has 2 aromatic rings. The number of ether oxygens (including phenoxy) is 3. The van der Waals surface area contributed by atoms with E-state index >= 15 is 0 Å². The van der Waals surface area contributed by atoms with Gasteiger partial charge in [0.1, 0.15) is 23.9 Å². The minimum absolute atomic E-state index is 0.134. The van der Waals surface area contributed by atoms with Crippen molar-refractivity contribution in [2.24, 2.45) is 0 Å². The Hall–Kier alpha value is -3.09. The van der Waals surface area contributed by atoms with Crippen molar-refractivity contribution in [2.75, 3.05) is 7.11 Å². The molecule has 0 N–H and O–H groups in total. The van der Waals surface area contributed by atoms with Crippen LogP contribution in [0.2, 0.25) is 0 Å². The van der Waals surface area contributed by atoms with Gasteiger partial charge in [0.25, 0.3) is 0 Å². The summed E-state index contributed by atoms with van der Waals surface area (Å²) in [6.45, 7) is -0.800. The second-order valence-corrected chi connectivity index (χ2v) is 6.23. The van der Waals surface area contributed by atoms with Gasteiger partial charge in [-0.25, -0.2) is 4.79 Å². The van der Waals surface area contributed by atoms with Crippen molar-refractivity contribution in [3.63, 3.8) is 0 Å². The normalized spacial score (nSPS) is 16.0. The number of benzene rings is 1. The van der Waals surface area contributed by atoms with E-state index in [1.165, 1.54) is 19.2 Å². The zero-order chi connectivity index (χ0) is 20.1. The van der Waals surface area contributed by atoms with Gasteiger partial charge in [0, 0.05) is 11.5 Å². The Morgan fingerprint density at radius 3 is 2.64 bits per heavy atom. The summed E-state index contributed by atoms with van der Waals surface area (Å²) in [6.07, 6.45) is 6.55. The summed E-state index contributed by atoms with van der Waals surface area (Å²) in [5.74, 6) is 1.21. The molecule has 0 radical (unpaired) electrons. The predicted octanol–water partition coefficient (Wildman–Crippen LogP) is 5.12. The summed E-state index contributed by atoms with van der Waals surface area (Å²) < 4.78 is 44.6. The van der Waals surface area contributed by atoms with Gasteiger partial charge in [-0.05, 0) is 49.3 Å². The lowest BCUT2D eigenvalue weighted by Gasteiger charge is -2.17. The first-order chi connectivity index (χ1) is 13.5. The Balaban J connectivity index is 1.55. The number of hydrogen-bond donors (Lipinski definition) is 0. The Bertz CT molecular complexity index is 881. The maximum Gasteiger partial charge on any atom is 0.387 e. The van der Waals surface area contributed by atoms with Gasteiger partial charge in [-0.15, -0.1) is 0 Å². The molecule has 0 spiro atoms. The van der Waals surface area contributed by atoms with Gasteiger partial charge in [-0.1, -0.05) is 18.2 Å². The third kappa shape index (κ3) is 4.79. The predicted molar refractivity (Wildman–Crippen MR) is 97.2 cm³/mol. The fourth-order valence-corrected chi connectivity index (χ4v) is 2.88.